The largest absolute Gasteiger partial charge is 0.446 e. The number of rotatable bonds is 6. The van der Waals surface area contributed by atoms with Gasteiger partial charge in [0.1, 0.15) is 5.76 Å². The quantitative estimate of drug-likeness (QED) is 0.851. The summed E-state index contributed by atoms with van der Waals surface area (Å²) in [4.78, 5) is 3.83. The number of nitrogens with zero attached hydrogens (tertiary/aromatic N) is 1. The first-order chi connectivity index (χ1) is 9.47. The van der Waals surface area contributed by atoms with Gasteiger partial charge in [-0.3, -0.25) is 9.71 Å². The number of furan rings is 1. The monoisotopic (exact) mass is 295 g/mol. The van der Waals surface area contributed by atoms with Gasteiger partial charge in [-0.05, 0) is 24.3 Å². The molecule has 0 amide bonds. The van der Waals surface area contributed by atoms with Crippen molar-refractivity contribution in [1.82, 2.24) is 10.3 Å². The molecule has 2 aromatic rings. The molecule has 0 radical (unpaired) electrons. The molecule has 0 aromatic carbocycles. The summed E-state index contributed by atoms with van der Waals surface area (Å²) >= 11 is 0. The number of sulfonamides is 1. The lowest BCUT2D eigenvalue weighted by atomic mass is 10.3. The summed E-state index contributed by atoms with van der Waals surface area (Å²) in [6.45, 7) is 4.50. The van der Waals surface area contributed by atoms with Crippen molar-refractivity contribution < 1.29 is 12.8 Å². The third kappa shape index (κ3) is 3.82. The van der Waals surface area contributed by atoms with Crippen LogP contribution in [-0.4, -0.2) is 19.4 Å². The average Bonchev–Trinajstić information content (AvgIpc) is 2.86. The first-order valence-electron chi connectivity index (χ1n) is 6.22. The fraction of sp³-hybridized carbons (Fsp3) is 0.308. The number of aromatic nitrogens is 1. The van der Waals surface area contributed by atoms with E-state index in [9.17, 15) is 8.42 Å². The Bertz CT molecular complexity index is 651. The Morgan fingerprint density at radius 2 is 1.90 bits per heavy atom. The summed E-state index contributed by atoms with van der Waals surface area (Å²) in [5, 5.41) is 3.06. The zero-order valence-electron chi connectivity index (χ0n) is 11.3. The molecule has 2 heterocycles. The molecule has 0 atom stereocenters. The average molecular weight is 295 g/mol. The van der Waals surface area contributed by atoms with Gasteiger partial charge in [-0.25, -0.2) is 0 Å². The minimum Gasteiger partial charge on any atom is -0.446 e. The topological polar surface area (TPSA) is 84.2 Å². The van der Waals surface area contributed by atoms with Crippen molar-refractivity contribution in [1.29, 1.82) is 0 Å². The van der Waals surface area contributed by atoms with Crippen LogP contribution in [-0.2, 0) is 16.6 Å². The highest BCUT2D eigenvalue weighted by Gasteiger charge is 2.18. The fourth-order valence-electron chi connectivity index (χ4n) is 1.53. The van der Waals surface area contributed by atoms with Crippen LogP contribution < -0.4 is 10.0 Å². The van der Waals surface area contributed by atoms with Crippen molar-refractivity contribution in [3.8, 4) is 0 Å². The lowest BCUT2D eigenvalue weighted by Gasteiger charge is -2.06. The molecule has 2 rings (SSSR count). The Kier molecular flexibility index (Phi) is 4.41. The van der Waals surface area contributed by atoms with Crippen molar-refractivity contribution in [2.45, 2.75) is 31.5 Å². The van der Waals surface area contributed by atoms with E-state index in [0.717, 1.165) is 0 Å². The number of hydrogen-bond donors (Lipinski definition) is 2. The normalized spacial score (nSPS) is 11.8. The van der Waals surface area contributed by atoms with E-state index in [1.807, 2.05) is 13.8 Å². The molecule has 2 N–H and O–H groups in total. The summed E-state index contributed by atoms with van der Waals surface area (Å²) in [6.07, 6.45) is 3.02. The third-order valence-electron chi connectivity index (χ3n) is 2.52. The van der Waals surface area contributed by atoms with Crippen LogP contribution in [0.25, 0.3) is 0 Å². The van der Waals surface area contributed by atoms with Gasteiger partial charge in [0, 0.05) is 18.4 Å². The maximum atomic E-state index is 12.1. The number of anilines is 1. The molecule has 0 unspecified atom stereocenters. The fourth-order valence-corrected chi connectivity index (χ4v) is 2.54. The van der Waals surface area contributed by atoms with Crippen LogP contribution in [0.15, 0.2) is 46.2 Å². The van der Waals surface area contributed by atoms with Crippen molar-refractivity contribution in [3.05, 3.63) is 42.4 Å². The zero-order chi connectivity index (χ0) is 14.6. The van der Waals surface area contributed by atoms with Gasteiger partial charge in [0.2, 0.25) is 5.09 Å². The van der Waals surface area contributed by atoms with Crippen LogP contribution in [0.5, 0.6) is 0 Å². The van der Waals surface area contributed by atoms with Crippen molar-refractivity contribution in [2.24, 2.45) is 0 Å². The molecule has 2 aromatic heterocycles. The molecule has 0 aliphatic carbocycles. The Labute approximate surface area is 118 Å². The lowest BCUT2D eigenvalue weighted by molar-refractivity contribution is 0.396. The molecular weight excluding hydrogens is 278 g/mol. The third-order valence-corrected chi connectivity index (χ3v) is 3.77. The smallest absolute Gasteiger partial charge is 0.295 e. The first-order valence-corrected chi connectivity index (χ1v) is 7.70. The van der Waals surface area contributed by atoms with Crippen LogP contribution in [0.3, 0.4) is 0 Å². The SMILES string of the molecule is CC(C)NCc1ccc(S(=O)(=O)Nc2ccncc2)o1. The van der Waals surface area contributed by atoms with E-state index in [2.05, 4.69) is 15.0 Å². The minimum atomic E-state index is -3.70. The Hall–Kier alpha value is -1.86. The van der Waals surface area contributed by atoms with Crippen LogP contribution >= 0.6 is 0 Å². The van der Waals surface area contributed by atoms with Gasteiger partial charge in [0.25, 0.3) is 10.0 Å². The van der Waals surface area contributed by atoms with E-state index < -0.39 is 10.0 Å². The summed E-state index contributed by atoms with van der Waals surface area (Å²) in [5.41, 5.74) is 0.443. The second kappa shape index (κ2) is 6.06. The van der Waals surface area contributed by atoms with Gasteiger partial charge < -0.3 is 9.73 Å². The number of nitrogens with one attached hydrogen (secondary N) is 2. The molecule has 7 heteroatoms. The molecular formula is C13H17N3O3S. The van der Waals surface area contributed by atoms with E-state index >= 15 is 0 Å². The highest BCUT2D eigenvalue weighted by molar-refractivity contribution is 7.92. The Morgan fingerprint density at radius 3 is 2.55 bits per heavy atom. The number of hydrogen-bond acceptors (Lipinski definition) is 5. The van der Waals surface area contributed by atoms with Gasteiger partial charge in [-0.1, -0.05) is 13.8 Å². The summed E-state index contributed by atoms with van der Waals surface area (Å²) < 4.78 is 32.0. The molecule has 0 fully saturated rings. The molecule has 0 saturated carbocycles. The molecule has 0 spiro atoms. The summed E-state index contributed by atoms with van der Waals surface area (Å²) in [6, 6.07) is 6.54. The molecule has 0 saturated heterocycles. The molecule has 0 aliphatic rings. The van der Waals surface area contributed by atoms with Crippen LogP contribution in [0.1, 0.15) is 19.6 Å². The van der Waals surface area contributed by atoms with E-state index in [1.54, 1.807) is 18.2 Å². The predicted molar refractivity (Wildman–Crippen MR) is 75.7 cm³/mol. The highest BCUT2D eigenvalue weighted by Crippen LogP contribution is 2.18. The van der Waals surface area contributed by atoms with Crippen molar-refractivity contribution in [2.75, 3.05) is 4.72 Å². The Morgan fingerprint density at radius 1 is 1.20 bits per heavy atom. The minimum absolute atomic E-state index is 0.102. The van der Waals surface area contributed by atoms with Crippen LogP contribution in [0.4, 0.5) is 5.69 Å². The van der Waals surface area contributed by atoms with Crippen molar-refractivity contribution in [3.63, 3.8) is 0 Å². The summed E-state index contributed by atoms with van der Waals surface area (Å²) in [7, 11) is -3.70. The Balaban J connectivity index is 2.10. The van der Waals surface area contributed by atoms with Crippen molar-refractivity contribution >= 4 is 15.7 Å². The van der Waals surface area contributed by atoms with E-state index in [-0.39, 0.29) is 5.09 Å². The van der Waals surface area contributed by atoms with E-state index in [4.69, 9.17) is 4.42 Å². The second-order valence-corrected chi connectivity index (χ2v) is 6.21. The van der Waals surface area contributed by atoms with Gasteiger partial charge >= 0.3 is 0 Å². The second-order valence-electron chi connectivity index (χ2n) is 4.60. The van der Waals surface area contributed by atoms with Gasteiger partial charge in [0.05, 0.1) is 12.2 Å². The van der Waals surface area contributed by atoms with E-state index in [1.165, 1.54) is 18.5 Å². The van der Waals surface area contributed by atoms with Crippen LogP contribution in [0, 0.1) is 0 Å². The first kappa shape index (κ1) is 14.5. The van der Waals surface area contributed by atoms with E-state index in [0.29, 0.717) is 24.0 Å². The van der Waals surface area contributed by atoms with Crippen LogP contribution in [0.2, 0.25) is 0 Å². The maximum absolute atomic E-state index is 12.1. The molecule has 0 bridgehead atoms. The zero-order valence-corrected chi connectivity index (χ0v) is 12.1. The predicted octanol–water partition coefficient (Wildman–Crippen LogP) is 1.97. The molecule has 6 nitrogen and oxygen atoms in total. The highest BCUT2D eigenvalue weighted by atomic mass is 32.2. The summed E-state index contributed by atoms with van der Waals surface area (Å²) in [5.74, 6) is 0.578. The molecule has 20 heavy (non-hydrogen) atoms. The maximum Gasteiger partial charge on any atom is 0.295 e. The van der Waals surface area contributed by atoms with Gasteiger partial charge in [-0.15, -0.1) is 0 Å². The number of pyridine rings is 1. The lowest BCUT2D eigenvalue weighted by Crippen LogP contribution is -2.21. The van der Waals surface area contributed by atoms with Gasteiger partial charge in [0.15, 0.2) is 0 Å². The standard InChI is InChI=1S/C13H17N3O3S/c1-10(2)15-9-12-3-4-13(19-12)20(17,18)16-11-5-7-14-8-6-11/h3-8,10,15H,9H2,1-2H3,(H,14,16). The molecule has 0 aliphatic heterocycles. The van der Waals surface area contributed by atoms with Gasteiger partial charge in [-0.2, -0.15) is 8.42 Å². The molecule has 108 valence electrons.